The molecular weight excluding hydrogens is 412 g/mol. The molecule has 2 aliphatic rings. The van der Waals surface area contributed by atoms with E-state index >= 15 is 0 Å². The SMILES string of the molecule is Cc1cccc2cc(C(c3nnnn3C3CCCC3)N3c4ccccc4CC3C)c(=O)[nH]c12. The maximum Gasteiger partial charge on any atom is 0.254 e. The van der Waals surface area contributed by atoms with Crippen molar-refractivity contribution in [3.8, 4) is 0 Å². The van der Waals surface area contributed by atoms with Gasteiger partial charge in [0.05, 0.1) is 11.6 Å². The summed E-state index contributed by atoms with van der Waals surface area (Å²) in [7, 11) is 0. The van der Waals surface area contributed by atoms with E-state index in [1.807, 2.05) is 29.8 Å². The number of nitrogens with one attached hydrogen (secondary N) is 1. The summed E-state index contributed by atoms with van der Waals surface area (Å²) in [4.78, 5) is 19.1. The number of anilines is 1. The summed E-state index contributed by atoms with van der Waals surface area (Å²) < 4.78 is 1.99. The van der Waals surface area contributed by atoms with Crippen molar-refractivity contribution in [1.29, 1.82) is 0 Å². The third-order valence-electron chi connectivity index (χ3n) is 7.38. The number of aromatic amines is 1. The molecule has 1 saturated carbocycles. The van der Waals surface area contributed by atoms with E-state index in [1.165, 1.54) is 18.4 Å². The Hall–Kier alpha value is -3.48. The van der Waals surface area contributed by atoms with Crippen molar-refractivity contribution in [3.05, 3.63) is 81.4 Å². The highest BCUT2D eigenvalue weighted by Crippen LogP contribution is 2.42. The summed E-state index contributed by atoms with van der Waals surface area (Å²) in [6.45, 7) is 4.24. The Morgan fingerprint density at radius 1 is 1.09 bits per heavy atom. The normalized spacial score (nSPS) is 19.3. The Labute approximate surface area is 192 Å². The largest absolute Gasteiger partial charge is 0.354 e. The Bertz CT molecular complexity index is 1380. The number of H-pyrrole nitrogens is 1. The monoisotopic (exact) mass is 440 g/mol. The average molecular weight is 441 g/mol. The van der Waals surface area contributed by atoms with E-state index in [-0.39, 0.29) is 23.7 Å². The second kappa shape index (κ2) is 7.83. The molecule has 0 amide bonds. The highest BCUT2D eigenvalue weighted by atomic mass is 16.1. The molecule has 3 heterocycles. The molecule has 1 N–H and O–H groups in total. The standard InChI is InChI=1S/C26H28N6O/c1-16-8-7-10-19-15-21(26(33)27-23(16)19)24(25-28-29-30-32(25)20-11-4-5-12-20)31-17(2)14-18-9-3-6-13-22(18)31/h3,6-10,13,15,17,20,24H,4-5,11-12,14H2,1-2H3,(H,27,33). The van der Waals surface area contributed by atoms with Crippen molar-refractivity contribution in [3.63, 3.8) is 0 Å². The van der Waals surface area contributed by atoms with Crippen molar-refractivity contribution < 1.29 is 0 Å². The smallest absolute Gasteiger partial charge is 0.254 e. The highest BCUT2D eigenvalue weighted by molar-refractivity contribution is 5.82. The van der Waals surface area contributed by atoms with Gasteiger partial charge < -0.3 is 9.88 Å². The fourth-order valence-electron chi connectivity index (χ4n) is 5.79. The molecule has 6 rings (SSSR count). The van der Waals surface area contributed by atoms with Gasteiger partial charge in [0.1, 0.15) is 6.04 Å². The van der Waals surface area contributed by atoms with Gasteiger partial charge in [-0.1, -0.05) is 49.2 Å². The summed E-state index contributed by atoms with van der Waals surface area (Å²) in [5.74, 6) is 0.753. The molecule has 1 aliphatic heterocycles. The Morgan fingerprint density at radius 3 is 2.76 bits per heavy atom. The lowest BCUT2D eigenvalue weighted by molar-refractivity contribution is 0.423. The van der Waals surface area contributed by atoms with Crippen LogP contribution in [0.3, 0.4) is 0 Å². The summed E-state index contributed by atoms with van der Waals surface area (Å²) in [6, 6.07) is 16.8. The van der Waals surface area contributed by atoms with Crippen molar-refractivity contribution in [2.24, 2.45) is 0 Å². The number of benzene rings is 2. The van der Waals surface area contributed by atoms with E-state index in [0.29, 0.717) is 5.56 Å². The maximum absolute atomic E-state index is 13.6. The quantitative estimate of drug-likeness (QED) is 0.506. The minimum absolute atomic E-state index is 0.0839. The molecule has 4 aromatic rings. The number of aromatic nitrogens is 5. The van der Waals surface area contributed by atoms with E-state index in [9.17, 15) is 4.79 Å². The molecule has 33 heavy (non-hydrogen) atoms. The summed E-state index contributed by atoms with van der Waals surface area (Å²) in [5, 5.41) is 14.1. The minimum atomic E-state index is -0.368. The molecule has 0 saturated heterocycles. The fourth-order valence-corrected chi connectivity index (χ4v) is 5.79. The van der Waals surface area contributed by atoms with Crippen LogP contribution < -0.4 is 10.5 Å². The van der Waals surface area contributed by atoms with E-state index in [1.54, 1.807) is 0 Å². The average Bonchev–Trinajstić information content (AvgIpc) is 3.55. The second-order valence-corrected chi connectivity index (χ2v) is 9.50. The Balaban J connectivity index is 1.59. The molecule has 7 heteroatoms. The highest BCUT2D eigenvalue weighted by Gasteiger charge is 2.39. The van der Waals surface area contributed by atoms with E-state index < -0.39 is 0 Å². The van der Waals surface area contributed by atoms with Crippen LogP contribution in [0.5, 0.6) is 0 Å². The third kappa shape index (κ3) is 3.25. The van der Waals surface area contributed by atoms with Crippen LogP contribution in [-0.2, 0) is 6.42 Å². The Kier molecular flexibility index (Phi) is 4.78. The van der Waals surface area contributed by atoms with Crippen LogP contribution in [0.1, 0.15) is 67.2 Å². The summed E-state index contributed by atoms with van der Waals surface area (Å²) >= 11 is 0. The molecule has 1 aliphatic carbocycles. The number of hydrogen-bond donors (Lipinski definition) is 1. The number of tetrazole rings is 1. The zero-order valence-corrected chi connectivity index (χ0v) is 19.0. The fraction of sp³-hybridized carbons (Fsp3) is 0.385. The zero-order valence-electron chi connectivity index (χ0n) is 19.0. The molecular formula is C26H28N6O. The molecule has 0 bridgehead atoms. The first-order valence-electron chi connectivity index (χ1n) is 11.9. The van der Waals surface area contributed by atoms with Crippen LogP contribution in [0.15, 0.2) is 53.3 Å². The van der Waals surface area contributed by atoms with Gasteiger partial charge in [0.2, 0.25) is 0 Å². The molecule has 7 nitrogen and oxygen atoms in total. The molecule has 1 fully saturated rings. The van der Waals surface area contributed by atoms with Crippen molar-refractivity contribution in [2.45, 2.75) is 64.1 Å². The van der Waals surface area contributed by atoms with Gasteiger partial charge in [0.25, 0.3) is 5.56 Å². The molecule has 0 radical (unpaired) electrons. The lowest BCUT2D eigenvalue weighted by Crippen LogP contribution is -2.39. The van der Waals surface area contributed by atoms with Gasteiger partial charge in [-0.2, -0.15) is 0 Å². The van der Waals surface area contributed by atoms with Gasteiger partial charge in [-0.05, 0) is 72.2 Å². The number of hydrogen-bond acceptors (Lipinski definition) is 5. The van der Waals surface area contributed by atoms with E-state index in [4.69, 9.17) is 0 Å². The van der Waals surface area contributed by atoms with Crippen LogP contribution in [0, 0.1) is 6.92 Å². The number of pyridine rings is 1. The van der Waals surface area contributed by atoms with Gasteiger partial charge in [-0.15, -0.1) is 5.10 Å². The first-order valence-corrected chi connectivity index (χ1v) is 11.9. The van der Waals surface area contributed by atoms with Gasteiger partial charge in [0, 0.05) is 17.3 Å². The first-order chi connectivity index (χ1) is 16.1. The Morgan fingerprint density at radius 2 is 1.91 bits per heavy atom. The number of aryl methyl sites for hydroxylation is 1. The number of para-hydroxylation sites is 2. The molecule has 2 aromatic heterocycles. The molecule has 0 spiro atoms. The zero-order chi connectivity index (χ0) is 22.5. The van der Waals surface area contributed by atoms with E-state index in [0.717, 1.165) is 47.2 Å². The van der Waals surface area contributed by atoms with Gasteiger partial charge in [-0.25, -0.2) is 4.68 Å². The van der Waals surface area contributed by atoms with Crippen LogP contribution >= 0.6 is 0 Å². The first kappa shape index (κ1) is 20.1. The maximum atomic E-state index is 13.6. The predicted molar refractivity (Wildman–Crippen MR) is 129 cm³/mol. The molecule has 2 unspecified atom stereocenters. The minimum Gasteiger partial charge on any atom is -0.354 e. The van der Waals surface area contributed by atoms with Crippen LogP contribution in [0.4, 0.5) is 5.69 Å². The van der Waals surface area contributed by atoms with E-state index in [2.05, 4.69) is 62.7 Å². The van der Waals surface area contributed by atoms with Crippen LogP contribution in [0.2, 0.25) is 0 Å². The number of rotatable bonds is 4. The summed E-state index contributed by atoms with van der Waals surface area (Å²) in [6.07, 6.45) is 5.46. The molecule has 2 atom stereocenters. The molecule has 2 aromatic carbocycles. The number of nitrogens with zero attached hydrogens (tertiary/aromatic N) is 5. The second-order valence-electron chi connectivity index (χ2n) is 9.50. The predicted octanol–water partition coefficient (Wildman–Crippen LogP) is 4.48. The molecule has 168 valence electrons. The van der Waals surface area contributed by atoms with Crippen LogP contribution in [0.25, 0.3) is 10.9 Å². The van der Waals surface area contributed by atoms with Crippen molar-refractivity contribution in [2.75, 3.05) is 4.90 Å². The van der Waals surface area contributed by atoms with Crippen molar-refractivity contribution >= 4 is 16.6 Å². The van der Waals surface area contributed by atoms with Crippen LogP contribution in [-0.4, -0.2) is 31.2 Å². The van der Waals surface area contributed by atoms with Gasteiger partial charge in [-0.3, -0.25) is 4.79 Å². The number of fused-ring (bicyclic) bond motifs is 2. The van der Waals surface area contributed by atoms with Crippen molar-refractivity contribution in [1.82, 2.24) is 25.2 Å². The lowest BCUT2D eigenvalue weighted by atomic mass is 10.0. The lowest BCUT2D eigenvalue weighted by Gasteiger charge is -2.34. The summed E-state index contributed by atoms with van der Waals surface area (Å²) in [5.41, 5.74) is 4.99. The third-order valence-corrected chi connectivity index (χ3v) is 7.38. The topological polar surface area (TPSA) is 79.7 Å². The van der Waals surface area contributed by atoms with Gasteiger partial charge in [0.15, 0.2) is 5.82 Å². The van der Waals surface area contributed by atoms with Gasteiger partial charge >= 0.3 is 0 Å².